The van der Waals surface area contributed by atoms with Gasteiger partial charge in [0.2, 0.25) is 0 Å². The van der Waals surface area contributed by atoms with Crippen LogP contribution in [0.2, 0.25) is 0 Å². The van der Waals surface area contributed by atoms with Crippen LogP contribution in [-0.2, 0) is 0 Å². The summed E-state index contributed by atoms with van der Waals surface area (Å²) < 4.78 is 37.5. The number of nitrogens with zero attached hydrogens (tertiary/aromatic N) is 2. The molecule has 1 atom stereocenters. The first-order valence-corrected chi connectivity index (χ1v) is 8.68. The zero-order valence-electron chi connectivity index (χ0n) is 13.5. The third-order valence-corrected chi connectivity index (χ3v) is 4.44. The van der Waals surface area contributed by atoms with Crippen LogP contribution in [0.15, 0.2) is 33.7 Å². The normalized spacial score (nSPS) is 18.8. The van der Waals surface area contributed by atoms with Gasteiger partial charge in [-0.2, -0.15) is 13.2 Å². The summed E-state index contributed by atoms with van der Waals surface area (Å²) in [5.74, 6) is 0.852. The fourth-order valence-corrected chi connectivity index (χ4v) is 3.08. The molecule has 1 saturated heterocycles. The molecular formula is C16H22BrF3N4. The highest BCUT2D eigenvalue weighted by atomic mass is 79.9. The van der Waals surface area contributed by atoms with Gasteiger partial charge in [-0.1, -0.05) is 22.0 Å². The number of hydrogen-bond acceptors (Lipinski definition) is 2. The Bertz CT molecular complexity index is 562. The van der Waals surface area contributed by atoms with Crippen molar-refractivity contribution in [2.75, 3.05) is 38.1 Å². The number of benzene rings is 1. The highest BCUT2D eigenvalue weighted by Crippen LogP contribution is 2.25. The standard InChI is InChI=1S/C16H22BrF3N4/c1-21-15(22-7-6-16(18,19)20)23-10-12-5-8-24(11-12)14-4-2-3-13(17)9-14/h2-4,9,12H,5-8,10-11H2,1H3,(H2,21,22,23). The third-order valence-electron chi connectivity index (χ3n) is 3.94. The van der Waals surface area contributed by atoms with E-state index < -0.39 is 12.6 Å². The van der Waals surface area contributed by atoms with Crippen molar-refractivity contribution < 1.29 is 13.2 Å². The molecule has 1 heterocycles. The maximum atomic E-state index is 12.2. The predicted molar refractivity (Wildman–Crippen MR) is 94.5 cm³/mol. The number of aliphatic imine (C=N–C) groups is 1. The van der Waals surface area contributed by atoms with Crippen molar-refractivity contribution in [3.8, 4) is 0 Å². The largest absolute Gasteiger partial charge is 0.390 e. The number of anilines is 1. The van der Waals surface area contributed by atoms with Crippen molar-refractivity contribution in [3.63, 3.8) is 0 Å². The molecule has 1 aliphatic heterocycles. The molecule has 1 aromatic carbocycles. The Morgan fingerprint density at radius 1 is 1.38 bits per heavy atom. The molecule has 134 valence electrons. The second kappa shape index (κ2) is 8.60. The number of alkyl halides is 3. The van der Waals surface area contributed by atoms with E-state index in [2.05, 4.69) is 48.6 Å². The molecule has 8 heteroatoms. The summed E-state index contributed by atoms with van der Waals surface area (Å²) in [6.07, 6.45) is -3.98. The number of guanidine groups is 1. The SMILES string of the molecule is CN=C(NCCC(F)(F)F)NCC1CCN(c2cccc(Br)c2)C1. The lowest BCUT2D eigenvalue weighted by Gasteiger charge is -2.20. The van der Waals surface area contributed by atoms with Gasteiger partial charge in [-0.25, -0.2) is 0 Å². The summed E-state index contributed by atoms with van der Waals surface area (Å²) in [6.45, 7) is 2.42. The first kappa shape index (κ1) is 18.9. The Morgan fingerprint density at radius 2 is 2.17 bits per heavy atom. The summed E-state index contributed by atoms with van der Waals surface area (Å²) in [5, 5.41) is 5.82. The van der Waals surface area contributed by atoms with E-state index in [9.17, 15) is 13.2 Å². The van der Waals surface area contributed by atoms with Gasteiger partial charge >= 0.3 is 6.18 Å². The van der Waals surface area contributed by atoms with Gasteiger partial charge in [0.15, 0.2) is 5.96 Å². The fourth-order valence-electron chi connectivity index (χ4n) is 2.69. The van der Waals surface area contributed by atoms with Crippen LogP contribution in [0.25, 0.3) is 0 Å². The molecule has 0 aliphatic carbocycles. The van der Waals surface area contributed by atoms with Crippen LogP contribution in [0.1, 0.15) is 12.8 Å². The Labute approximate surface area is 148 Å². The zero-order chi connectivity index (χ0) is 17.6. The Hall–Kier alpha value is -1.44. The minimum Gasteiger partial charge on any atom is -0.371 e. The van der Waals surface area contributed by atoms with Crippen LogP contribution in [-0.4, -0.2) is 45.4 Å². The number of nitrogens with one attached hydrogen (secondary N) is 2. The zero-order valence-corrected chi connectivity index (χ0v) is 15.1. The predicted octanol–water partition coefficient (Wildman–Crippen LogP) is 3.39. The van der Waals surface area contributed by atoms with Gasteiger partial charge in [0.1, 0.15) is 0 Å². The monoisotopic (exact) mass is 406 g/mol. The van der Waals surface area contributed by atoms with Crippen LogP contribution in [0.4, 0.5) is 18.9 Å². The van der Waals surface area contributed by atoms with E-state index in [0.29, 0.717) is 18.4 Å². The van der Waals surface area contributed by atoms with E-state index in [4.69, 9.17) is 0 Å². The van der Waals surface area contributed by atoms with Gasteiger partial charge < -0.3 is 15.5 Å². The summed E-state index contributed by atoms with van der Waals surface area (Å²) >= 11 is 3.48. The van der Waals surface area contributed by atoms with Gasteiger partial charge in [-0.15, -0.1) is 0 Å². The number of halogens is 4. The lowest BCUT2D eigenvalue weighted by molar-refractivity contribution is -0.132. The van der Waals surface area contributed by atoms with Crippen molar-refractivity contribution in [1.29, 1.82) is 0 Å². The third kappa shape index (κ3) is 6.22. The molecule has 0 spiro atoms. The van der Waals surface area contributed by atoms with E-state index in [0.717, 1.165) is 24.0 Å². The number of hydrogen-bond donors (Lipinski definition) is 2. The molecule has 1 unspecified atom stereocenters. The van der Waals surface area contributed by atoms with E-state index in [1.165, 1.54) is 5.69 Å². The van der Waals surface area contributed by atoms with E-state index in [1.54, 1.807) is 7.05 Å². The van der Waals surface area contributed by atoms with Gasteiger partial charge in [0, 0.05) is 43.4 Å². The fraction of sp³-hybridized carbons (Fsp3) is 0.562. The summed E-state index contributed by atoms with van der Waals surface area (Å²) in [6, 6.07) is 8.18. The summed E-state index contributed by atoms with van der Waals surface area (Å²) in [5.41, 5.74) is 1.18. The minimum atomic E-state index is -4.15. The second-order valence-corrected chi connectivity index (χ2v) is 6.74. The maximum absolute atomic E-state index is 12.2. The van der Waals surface area contributed by atoms with Crippen molar-refractivity contribution in [3.05, 3.63) is 28.7 Å². The molecular weight excluding hydrogens is 385 g/mol. The molecule has 0 saturated carbocycles. The molecule has 2 rings (SSSR count). The molecule has 0 bridgehead atoms. The van der Waals surface area contributed by atoms with E-state index in [-0.39, 0.29) is 6.54 Å². The maximum Gasteiger partial charge on any atom is 0.390 e. The van der Waals surface area contributed by atoms with Gasteiger partial charge in [0.05, 0.1) is 6.42 Å². The molecule has 1 aromatic rings. The quantitative estimate of drug-likeness (QED) is 0.581. The van der Waals surface area contributed by atoms with Gasteiger partial charge in [0.25, 0.3) is 0 Å². The van der Waals surface area contributed by atoms with Crippen LogP contribution in [0.3, 0.4) is 0 Å². The van der Waals surface area contributed by atoms with Crippen molar-refractivity contribution in [2.45, 2.75) is 19.0 Å². The molecule has 0 aromatic heterocycles. The topological polar surface area (TPSA) is 39.7 Å². The van der Waals surface area contributed by atoms with Crippen molar-refractivity contribution >= 4 is 27.6 Å². The Balaban J connectivity index is 1.74. The smallest absolute Gasteiger partial charge is 0.371 e. The lowest BCUT2D eigenvalue weighted by Crippen LogP contribution is -2.41. The Morgan fingerprint density at radius 3 is 2.83 bits per heavy atom. The Kier molecular flexibility index (Phi) is 6.77. The first-order valence-electron chi connectivity index (χ1n) is 7.89. The molecule has 0 radical (unpaired) electrons. The van der Waals surface area contributed by atoms with Gasteiger partial charge in [-0.3, -0.25) is 4.99 Å². The highest BCUT2D eigenvalue weighted by molar-refractivity contribution is 9.10. The van der Waals surface area contributed by atoms with Crippen LogP contribution in [0.5, 0.6) is 0 Å². The van der Waals surface area contributed by atoms with Crippen LogP contribution >= 0.6 is 15.9 Å². The molecule has 4 nitrogen and oxygen atoms in total. The lowest BCUT2D eigenvalue weighted by atomic mass is 10.1. The molecule has 0 amide bonds. The minimum absolute atomic E-state index is 0.169. The molecule has 1 aliphatic rings. The van der Waals surface area contributed by atoms with Crippen LogP contribution in [0, 0.1) is 5.92 Å². The number of rotatable bonds is 5. The average Bonchev–Trinajstić information content (AvgIpc) is 2.98. The summed E-state index contributed by atoms with van der Waals surface area (Å²) in [4.78, 5) is 6.28. The molecule has 2 N–H and O–H groups in total. The summed E-state index contributed by atoms with van der Waals surface area (Å²) in [7, 11) is 1.56. The highest BCUT2D eigenvalue weighted by Gasteiger charge is 2.26. The average molecular weight is 407 g/mol. The molecule has 1 fully saturated rings. The first-order chi connectivity index (χ1) is 11.4. The van der Waals surface area contributed by atoms with Gasteiger partial charge in [-0.05, 0) is 30.5 Å². The van der Waals surface area contributed by atoms with Crippen molar-refractivity contribution in [1.82, 2.24) is 10.6 Å². The second-order valence-electron chi connectivity index (χ2n) is 5.83. The van der Waals surface area contributed by atoms with E-state index >= 15 is 0 Å². The van der Waals surface area contributed by atoms with E-state index in [1.807, 2.05) is 12.1 Å². The molecule has 24 heavy (non-hydrogen) atoms. The van der Waals surface area contributed by atoms with Crippen LogP contribution < -0.4 is 15.5 Å². The van der Waals surface area contributed by atoms with Crippen molar-refractivity contribution in [2.24, 2.45) is 10.9 Å².